The first-order chi connectivity index (χ1) is 13.8. The number of anilines is 3. The van der Waals surface area contributed by atoms with E-state index in [1.54, 1.807) is 0 Å². The maximum atomic E-state index is 9.41. The van der Waals surface area contributed by atoms with Crippen molar-refractivity contribution in [1.29, 1.82) is 10.5 Å². The summed E-state index contributed by atoms with van der Waals surface area (Å²) in [6.45, 7) is 3.96. The first-order valence-corrected chi connectivity index (χ1v) is 8.84. The van der Waals surface area contributed by atoms with Crippen molar-refractivity contribution < 1.29 is 4.74 Å². The van der Waals surface area contributed by atoms with Crippen LogP contribution in [0.15, 0.2) is 29.3 Å². The lowest BCUT2D eigenvalue weighted by Gasteiger charge is -2.29. The predicted octanol–water partition coefficient (Wildman–Crippen LogP) is 2.24. The van der Waals surface area contributed by atoms with Crippen LogP contribution in [0.4, 0.5) is 17.3 Å². The number of nitrogens with two attached hydrogens (primary N) is 2. The van der Waals surface area contributed by atoms with Gasteiger partial charge in [0, 0.05) is 11.1 Å². The Morgan fingerprint density at radius 1 is 1.28 bits per heavy atom. The van der Waals surface area contributed by atoms with E-state index in [0.717, 1.165) is 16.9 Å². The van der Waals surface area contributed by atoms with E-state index in [1.165, 1.54) is 0 Å². The van der Waals surface area contributed by atoms with Crippen LogP contribution in [0.3, 0.4) is 0 Å². The molecule has 2 aliphatic heterocycles. The molecule has 1 aromatic carbocycles. The normalized spacial score (nSPS) is 18.1. The van der Waals surface area contributed by atoms with Gasteiger partial charge >= 0.3 is 0 Å². The zero-order valence-electron chi connectivity index (χ0n) is 15.8. The number of hydrogen-bond donors (Lipinski definition) is 4. The lowest BCUT2D eigenvalue weighted by atomic mass is 9.92. The smallest absolute Gasteiger partial charge is 0.211 e. The molecule has 0 bridgehead atoms. The highest BCUT2D eigenvalue weighted by atomic mass is 16.5. The van der Waals surface area contributed by atoms with Gasteiger partial charge in [0.2, 0.25) is 5.96 Å². The number of fused-ring (bicyclic) bond motifs is 2. The summed E-state index contributed by atoms with van der Waals surface area (Å²) < 4.78 is 5.98. The zero-order chi connectivity index (χ0) is 20.8. The van der Waals surface area contributed by atoms with E-state index in [-0.39, 0.29) is 28.6 Å². The Labute approximate surface area is 167 Å². The maximum Gasteiger partial charge on any atom is 0.211 e. The number of aliphatic imine (C=N–C) groups is 1. The molecule has 4 rings (SSSR count). The summed E-state index contributed by atoms with van der Waals surface area (Å²) in [4.78, 5) is 8.82. The minimum atomic E-state index is -0.587. The van der Waals surface area contributed by atoms with Crippen LogP contribution in [0.1, 0.15) is 42.1 Å². The van der Waals surface area contributed by atoms with E-state index in [9.17, 15) is 5.26 Å². The molecule has 0 radical (unpaired) electrons. The van der Waals surface area contributed by atoms with Crippen molar-refractivity contribution in [3.63, 3.8) is 0 Å². The fourth-order valence-electron chi connectivity index (χ4n) is 3.39. The second-order valence-electron chi connectivity index (χ2n) is 7.24. The topological polar surface area (TPSA) is 158 Å². The predicted molar refractivity (Wildman–Crippen MR) is 110 cm³/mol. The number of hydrogen-bond acceptors (Lipinski definition) is 9. The molecule has 3 heterocycles. The number of pyridine rings is 1. The molecular formula is C20H18N8O. The SMILES string of the molecule is CC1(C)C=Cc2cc(C3N=C(NC#N)Nc4nc(N)c(C#N)c(N)c43)ccc2O1. The van der Waals surface area contributed by atoms with Crippen molar-refractivity contribution in [2.24, 2.45) is 4.99 Å². The number of rotatable bonds is 1. The summed E-state index contributed by atoms with van der Waals surface area (Å²) >= 11 is 0. The van der Waals surface area contributed by atoms with Gasteiger partial charge in [0.25, 0.3) is 0 Å². The number of ether oxygens (including phenoxy) is 1. The third-order valence-electron chi connectivity index (χ3n) is 4.74. The second-order valence-corrected chi connectivity index (χ2v) is 7.24. The van der Waals surface area contributed by atoms with Crippen LogP contribution in [0.5, 0.6) is 5.75 Å². The van der Waals surface area contributed by atoms with Crippen molar-refractivity contribution >= 4 is 29.4 Å². The summed E-state index contributed by atoms with van der Waals surface area (Å²) in [7, 11) is 0. The van der Waals surface area contributed by atoms with Crippen molar-refractivity contribution in [1.82, 2.24) is 10.3 Å². The van der Waals surface area contributed by atoms with Gasteiger partial charge in [0.15, 0.2) is 6.19 Å². The molecule has 1 unspecified atom stereocenters. The molecule has 6 N–H and O–H groups in total. The molecule has 1 aromatic heterocycles. The highest BCUT2D eigenvalue weighted by Gasteiger charge is 2.30. The van der Waals surface area contributed by atoms with Crippen molar-refractivity contribution in [3.8, 4) is 18.0 Å². The van der Waals surface area contributed by atoms with E-state index in [4.69, 9.17) is 21.5 Å². The molecule has 0 aliphatic carbocycles. The highest BCUT2D eigenvalue weighted by Crippen LogP contribution is 2.42. The summed E-state index contributed by atoms with van der Waals surface area (Å²) in [5, 5.41) is 23.8. The van der Waals surface area contributed by atoms with Crippen molar-refractivity contribution in [3.05, 3.63) is 46.5 Å². The Hall–Kier alpha value is -4.24. The zero-order valence-corrected chi connectivity index (χ0v) is 15.8. The molecular weight excluding hydrogens is 368 g/mol. The van der Waals surface area contributed by atoms with Gasteiger partial charge in [-0.2, -0.15) is 10.5 Å². The Balaban J connectivity index is 1.88. The molecule has 0 spiro atoms. The maximum absolute atomic E-state index is 9.41. The largest absolute Gasteiger partial charge is 0.483 e. The van der Waals surface area contributed by atoms with Gasteiger partial charge < -0.3 is 21.5 Å². The number of nitrogens with one attached hydrogen (secondary N) is 2. The molecule has 0 amide bonds. The third kappa shape index (κ3) is 3.05. The first kappa shape index (κ1) is 18.1. The van der Waals surface area contributed by atoms with E-state index < -0.39 is 6.04 Å². The minimum absolute atomic E-state index is 0.0113. The number of nitrogens with zero attached hydrogens (tertiary/aromatic N) is 4. The number of nitrogen functional groups attached to an aromatic ring is 2. The molecule has 29 heavy (non-hydrogen) atoms. The average molecular weight is 386 g/mol. The van der Waals surface area contributed by atoms with Gasteiger partial charge in [-0.3, -0.25) is 5.32 Å². The van der Waals surface area contributed by atoms with E-state index >= 15 is 0 Å². The van der Waals surface area contributed by atoms with Crippen LogP contribution in [0.2, 0.25) is 0 Å². The Morgan fingerprint density at radius 2 is 2.07 bits per heavy atom. The Morgan fingerprint density at radius 3 is 2.79 bits per heavy atom. The lowest BCUT2D eigenvalue weighted by molar-refractivity contribution is 0.159. The van der Waals surface area contributed by atoms with Gasteiger partial charge in [-0.05, 0) is 37.6 Å². The third-order valence-corrected chi connectivity index (χ3v) is 4.74. The quantitative estimate of drug-likeness (QED) is 0.429. The second kappa shape index (κ2) is 6.43. The van der Waals surface area contributed by atoms with E-state index in [0.29, 0.717) is 11.4 Å². The fraction of sp³-hybridized carbons (Fsp3) is 0.200. The molecule has 0 fully saturated rings. The van der Waals surface area contributed by atoms with Gasteiger partial charge in [-0.15, -0.1) is 0 Å². The molecule has 144 valence electrons. The van der Waals surface area contributed by atoms with Crippen molar-refractivity contribution in [2.45, 2.75) is 25.5 Å². The summed E-state index contributed by atoms with van der Waals surface area (Å²) in [6, 6.07) is 7.10. The number of nitriles is 2. The molecule has 1 atom stereocenters. The minimum Gasteiger partial charge on any atom is -0.483 e. The molecule has 2 aliphatic rings. The highest BCUT2D eigenvalue weighted by molar-refractivity contribution is 5.98. The number of guanidine groups is 1. The molecule has 2 aromatic rings. The number of benzene rings is 1. The van der Waals surface area contributed by atoms with Crippen LogP contribution in [-0.4, -0.2) is 16.5 Å². The fourth-order valence-corrected chi connectivity index (χ4v) is 3.39. The number of aromatic nitrogens is 1. The van der Waals surface area contributed by atoms with Gasteiger partial charge in [-0.1, -0.05) is 12.1 Å². The van der Waals surface area contributed by atoms with Crippen molar-refractivity contribution in [2.75, 3.05) is 16.8 Å². The molecule has 0 saturated heterocycles. The van der Waals surface area contributed by atoms with Gasteiger partial charge in [0.1, 0.15) is 40.7 Å². The monoisotopic (exact) mass is 386 g/mol. The molecule has 9 heteroatoms. The van der Waals surface area contributed by atoms with Crippen LogP contribution in [0.25, 0.3) is 6.08 Å². The lowest BCUT2D eigenvalue weighted by Crippen LogP contribution is -2.33. The molecule has 0 saturated carbocycles. The average Bonchev–Trinajstić information content (AvgIpc) is 2.66. The summed E-state index contributed by atoms with van der Waals surface area (Å²) in [5.74, 6) is 1.34. The molecule has 9 nitrogen and oxygen atoms in total. The van der Waals surface area contributed by atoms with Crippen LogP contribution in [-0.2, 0) is 0 Å². The van der Waals surface area contributed by atoms with E-state index in [2.05, 4.69) is 20.6 Å². The Kier molecular flexibility index (Phi) is 4.02. The van der Waals surface area contributed by atoms with E-state index in [1.807, 2.05) is 56.5 Å². The summed E-state index contributed by atoms with van der Waals surface area (Å²) in [5.41, 5.74) is 14.3. The van der Waals surface area contributed by atoms with Gasteiger partial charge in [-0.25, -0.2) is 9.98 Å². The van der Waals surface area contributed by atoms with Gasteiger partial charge in [0.05, 0.1) is 5.69 Å². The van der Waals surface area contributed by atoms with Crippen LogP contribution < -0.4 is 26.8 Å². The Bertz CT molecular complexity index is 1170. The van der Waals surface area contributed by atoms with Crippen LogP contribution >= 0.6 is 0 Å². The standard InChI is InChI=1S/C20H18N8O/c1-20(2)6-5-10-7-11(3-4-13(10)29-20)16-14-15(23)12(8-21)17(24)27-18(14)28-19(26-16)25-9-22/h3-7,16H,1-2H3,(H6,23,24,25,26,27,28). The summed E-state index contributed by atoms with van der Waals surface area (Å²) in [6.07, 6.45) is 5.81. The first-order valence-electron chi connectivity index (χ1n) is 8.84. The van der Waals surface area contributed by atoms with Crippen LogP contribution in [0, 0.1) is 22.8 Å².